The molecule has 10 aromatic rings. The molecule has 47 heavy (non-hydrogen) atoms. The van der Waals surface area contributed by atoms with Gasteiger partial charge in [-0.05, 0) is 96.0 Å². The highest BCUT2D eigenvalue weighted by Crippen LogP contribution is 2.49. The smallest absolute Gasteiger partial charge is 0.135 e. The largest absolute Gasteiger partial charge is 0.244 e. The lowest BCUT2D eigenvalue weighted by molar-refractivity contribution is 1.62. The van der Waals surface area contributed by atoms with Crippen LogP contribution in [0.5, 0.6) is 0 Å². The van der Waals surface area contributed by atoms with E-state index in [1.807, 2.05) is 22.7 Å². The van der Waals surface area contributed by atoms with Gasteiger partial charge in [0.05, 0.1) is 6.85 Å². The first-order chi connectivity index (χ1) is 25.4. The molecule has 0 atom stereocenters. The maximum absolute atomic E-state index is 9.08. The first-order valence-corrected chi connectivity index (χ1v) is 17.5. The molecular formula is C44H23BS2. The van der Waals surface area contributed by atoms with Crippen molar-refractivity contribution in [3.63, 3.8) is 0 Å². The molecule has 0 aliphatic carbocycles. The highest BCUT2D eigenvalue weighted by Gasteiger charge is 2.38. The summed E-state index contributed by atoms with van der Waals surface area (Å²) in [5.74, 6) is 0. The average molecular weight is 632 g/mol. The Balaban J connectivity index is 1.37. The predicted molar refractivity (Wildman–Crippen MR) is 208 cm³/mol. The summed E-state index contributed by atoms with van der Waals surface area (Å²) in [6, 6.07) is 38.2. The minimum Gasteiger partial charge on any atom is -0.135 e. The molecule has 0 N–H and O–H groups in total. The molecule has 2 aromatic heterocycles. The van der Waals surface area contributed by atoms with Crippen LogP contribution in [0.15, 0.2) is 139 Å². The second-order valence-electron chi connectivity index (χ2n) is 12.8. The van der Waals surface area contributed by atoms with E-state index in [2.05, 4.69) is 109 Å². The fourth-order valence-electron chi connectivity index (χ4n) is 8.69. The molecule has 0 fully saturated rings. The van der Waals surface area contributed by atoms with Crippen LogP contribution in [-0.2, 0) is 0 Å². The van der Waals surface area contributed by atoms with Crippen LogP contribution >= 0.6 is 22.7 Å². The van der Waals surface area contributed by atoms with E-state index >= 15 is 0 Å². The first kappa shape index (κ1) is 20.8. The molecule has 3 heteroatoms. The van der Waals surface area contributed by atoms with Crippen molar-refractivity contribution in [1.82, 2.24) is 0 Å². The highest BCUT2D eigenvalue weighted by molar-refractivity contribution is 7.28. The Hall–Kier alpha value is -5.22. The number of hydrogen-bond donors (Lipinski definition) is 0. The van der Waals surface area contributed by atoms with Crippen molar-refractivity contribution in [2.24, 2.45) is 0 Å². The predicted octanol–water partition coefficient (Wildman–Crippen LogP) is 10.9. The third-order valence-corrected chi connectivity index (χ3v) is 12.9. The summed E-state index contributed by atoms with van der Waals surface area (Å²) >= 11 is 3.69. The van der Waals surface area contributed by atoms with Crippen LogP contribution in [0.1, 0.15) is 6.85 Å². The van der Waals surface area contributed by atoms with Gasteiger partial charge < -0.3 is 0 Å². The lowest BCUT2D eigenvalue weighted by Gasteiger charge is -2.23. The fraction of sp³-hybridized carbons (Fsp3) is 0. The fourth-order valence-corrected chi connectivity index (χ4v) is 11.3. The molecule has 12 rings (SSSR count). The molecule has 214 valence electrons. The molecule has 0 bridgehead atoms. The average Bonchev–Trinajstić information content (AvgIpc) is 3.70. The number of benzene rings is 8. The van der Waals surface area contributed by atoms with E-state index in [4.69, 9.17) is 6.85 Å². The maximum Gasteiger partial charge on any atom is 0.244 e. The molecule has 8 aromatic carbocycles. The Labute approximate surface area is 286 Å². The standard InChI is InChI=1S/C44H23BS2/c1-2-10-24(11-3-1)27-21-32-30-16-8-18-36-38(30)41-35(23-26-13-5-7-15-29(26)44(41)46-36)45-34-17-9-19-37-40(34)39-31(33(22-27)42(32)45)20-25-12-4-6-14-28(25)43(39)47-37/h1-23H/i1D,2D,3D,10D,11D. The van der Waals surface area contributed by atoms with E-state index in [0.717, 1.165) is 27.6 Å². The zero-order valence-corrected chi connectivity index (χ0v) is 26.4. The molecule has 4 heterocycles. The first-order valence-electron chi connectivity index (χ1n) is 18.4. The normalized spacial score (nSPS) is 14.6. The van der Waals surface area contributed by atoms with Gasteiger partial charge in [0.2, 0.25) is 6.71 Å². The van der Waals surface area contributed by atoms with E-state index in [9.17, 15) is 0 Å². The molecule has 0 radical (unpaired) electrons. The summed E-state index contributed by atoms with van der Waals surface area (Å²) in [5.41, 5.74) is 8.94. The van der Waals surface area contributed by atoms with Gasteiger partial charge >= 0.3 is 0 Å². The van der Waals surface area contributed by atoms with E-state index in [-0.39, 0.29) is 42.5 Å². The maximum atomic E-state index is 9.08. The van der Waals surface area contributed by atoms with Gasteiger partial charge in [-0.1, -0.05) is 125 Å². The Morgan fingerprint density at radius 3 is 1.91 bits per heavy atom. The van der Waals surface area contributed by atoms with Crippen molar-refractivity contribution in [3.05, 3.63) is 139 Å². The van der Waals surface area contributed by atoms with Crippen molar-refractivity contribution in [2.45, 2.75) is 0 Å². The van der Waals surface area contributed by atoms with Crippen molar-refractivity contribution in [1.29, 1.82) is 0 Å². The number of rotatable bonds is 1. The van der Waals surface area contributed by atoms with Crippen LogP contribution in [0.2, 0.25) is 0 Å². The number of hydrogen-bond acceptors (Lipinski definition) is 2. The van der Waals surface area contributed by atoms with Gasteiger partial charge in [0, 0.05) is 29.6 Å². The van der Waals surface area contributed by atoms with Gasteiger partial charge in [0.1, 0.15) is 0 Å². The molecule has 0 saturated heterocycles. The van der Waals surface area contributed by atoms with Gasteiger partial charge in [0.15, 0.2) is 0 Å². The van der Waals surface area contributed by atoms with Crippen LogP contribution in [-0.4, -0.2) is 6.71 Å². The molecule has 0 nitrogen and oxygen atoms in total. The molecule has 2 aliphatic rings. The van der Waals surface area contributed by atoms with Gasteiger partial charge in [-0.25, -0.2) is 0 Å². The topological polar surface area (TPSA) is 0 Å². The SMILES string of the molecule is [2H]c1c([2H])c([2H])c(-c2cc3c4c(c2)-c2cc5ccccc5c5sc6cccc(c6c25)B4c2cc4ccccc4c4sc5cccc-3c5c24)c([2H])c1[2H]. The second-order valence-corrected chi connectivity index (χ2v) is 14.9. The van der Waals surface area contributed by atoms with Gasteiger partial charge in [0.25, 0.3) is 0 Å². The monoisotopic (exact) mass is 631 g/mol. The minimum absolute atomic E-state index is 0.117. The summed E-state index contributed by atoms with van der Waals surface area (Å²) in [5, 5.41) is 9.85. The Kier molecular flexibility index (Phi) is 3.89. The van der Waals surface area contributed by atoms with E-state index < -0.39 is 0 Å². The summed E-state index contributed by atoms with van der Waals surface area (Å²) in [7, 11) is 0. The third-order valence-electron chi connectivity index (χ3n) is 10.5. The van der Waals surface area contributed by atoms with E-state index in [1.54, 1.807) is 0 Å². The van der Waals surface area contributed by atoms with Crippen LogP contribution in [0.25, 0.3) is 95.3 Å². The zero-order chi connectivity index (χ0) is 34.7. The van der Waals surface area contributed by atoms with Crippen LogP contribution < -0.4 is 16.4 Å². The van der Waals surface area contributed by atoms with E-state index in [0.29, 0.717) is 5.56 Å². The van der Waals surface area contributed by atoms with Gasteiger partial charge in [-0.2, -0.15) is 0 Å². The van der Waals surface area contributed by atoms with Gasteiger partial charge in [-0.3, -0.25) is 0 Å². The van der Waals surface area contributed by atoms with Crippen molar-refractivity contribution in [3.8, 4) is 33.4 Å². The van der Waals surface area contributed by atoms with Gasteiger partial charge in [-0.15, -0.1) is 22.7 Å². The van der Waals surface area contributed by atoms with Crippen LogP contribution in [0, 0.1) is 0 Å². The summed E-state index contributed by atoms with van der Waals surface area (Å²) < 4.78 is 48.7. The molecule has 2 aliphatic heterocycles. The summed E-state index contributed by atoms with van der Waals surface area (Å²) in [6.45, 7) is -0.117. The lowest BCUT2D eigenvalue weighted by Crippen LogP contribution is -2.53. The molecule has 0 saturated carbocycles. The minimum atomic E-state index is -0.382. The third kappa shape index (κ3) is 3.10. The second kappa shape index (κ2) is 8.77. The number of thiophene rings is 2. The Bertz CT molecular complexity index is 3290. The highest BCUT2D eigenvalue weighted by atomic mass is 32.1. The van der Waals surface area contributed by atoms with Crippen LogP contribution in [0.4, 0.5) is 0 Å². The Morgan fingerprint density at radius 1 is 0.468 bits per heavy atom. The molecular weight excluding hydrogens is 603 g/mol. The molecule has 0 spiro atoms. The molecule has 0 amide bonds. The number of fused-ring (bicyclic) bond motifs is 8. The quantitative estimate of drug-likeness (QED) is 0.158. The van der Waals surface area contributed by atoms with Crippen molar-refractivity contribution >= 4 is 108 Å². The van der Waals surface area contributed by atoms with Crippen molar-refractivity contribution < 1.29 is 6.85 Å². The molecule has 0 unspecified atom stereocenters. The van der Waals surface area contributed by atoms with Crippen molar-refractivity contribution in [2.75, 3.05) is 0 Å². The Morgan fingerprint density at radius 2 is 1.13 bits per heavy atom. The van der Waals surface area contributed by atoms with Crippen LogP contribution in [0.3, 0.4) is 0 Å². The lowest BCUT2D eigenvalue weighted by atomic mass is 9.35. The summed E-state index contributed by atoms with van der Waals surface area (Å²) in [4.78, 5) is 0. The summed E-state index contributed by atoms with van der Waals surface area (Å²) in [6.07, 6.45) is 0. The zero-order valence-electron chi connectivity index (χ0n) is 29.8. The van der Waals surface area contributed by atoms with E-state index in [1.165, 1.54) is 72.9 Å².